The Bertz CT molecular complexity index is 569. The van der Waals surface area contributed by atoms with Crippen LogP contribution in [0.2, 0.25) is 0 Å². The highest BCUT2D eigenvalue weighted by Gasteiger charge is 2.40. The Kier molecular flexibility index (Phi) is 4.49. The lowest BCUT2D eigenvalue weighted by Gasteiger charge is -2.31. The van der Waals surface area contributed by atoms with Crippen LogP contribution in [0, 0.1) is 17.8 Å². The molecule has 2 bridgehead atoms. The monoisotopic (exact) mass is 327 g/mol. The Morgan fingerprint density at radius 2 is 1.71 bits per heavy atom. The van der Waals surface area contributed by atoms with Gasteiger partial charge in [-0.15, -0.1) is 0 Å². The van der Waals surface area contributed by atoms with Crippen molar-refractivity contribution in [3.05, 3.63) is 35.4 Å². The lowest BCUT2D eigenvalue weighted by Crippen LogP contribution is -2.55. The molecule has 1 aromatic rings. The maximum Gasteiger partial charge on any atom is 0.315 e. The van der Waals surface area contributed by atoms with Gasteiger partial charge in [-0.3, -0.25) is 0 Å². The molecule has 4 heteroatoms. The first-order chi connectivity index (χ1) is 11.7. The molecular formula is C20H29N3O. The molecule has 1 saturated carbocycles. The fourth-order valence-corrected chi connectivity index (χ4v) is 4.93. The normalized spacial score (nSPS) is 35.0. The van der Waals surface area contributed by atoms with E-state index in [2.05, 4.69) is 47.1 Å². The van der Waals surface area contributed by atoms with Crippen LogP contribution >= 0.6 is 0 Å². The van der Waals surface area contributed by atoms with Crippen molar-refractivity contribution in [2.24, 2.45) is 17.8 Å². The van der Waals surface area contributed by atoms with E-state index in [4.69, 9.17) is 0 Å². The smallest absolute Gasteiger partial charge is 0.315 e. The summed E-state index contributed by atoms with van der Waals surface area (Å²) in [5, 5.41) is 9.94. The Morgan fingerprint density at radius 1 is 1.04 bits per heavy atom. The Morgan fingerprint density at radius 3 is 2.33 bits per heavy atom. The summed E-state index contributed by atoms with van der Waals surface area (Å²) in [6.45, 7) is 4.18. The second-order valence-electron chi connectivity index (χ2n) is 7.99. The van der Waals surface area contributed by atoms with Gasteiger partial charge in [0.15, 0.2) is 0 Å². The van der Waals surface area contributed by atoms with Gasteiger partial charge in [0.25, 0.3) is 0 Å². The first kappa shape index (κ1) is 15.9. The summed E-state index contributed by atoms with van der Waals surface area (Å²) in [5.41, 5.74) is 2.98. The largest absolute Gasteiger partial charge is 0.335 e. The molecule has 1 saturated heterocycles. The molecule has 130 valence electrons. The molecule has 4 rings (SSSR count). The summed E-state index contributed by atoms with van der Waals surface area (Å²) in [6, 6.07) is 9.42. The standard InChI is InChI=1S/C20H29N3O/c1-13-8-9-21-12-18(13)22-20(24)23-19-16-6-7-17(19)11-15-5-3-2-4-14(15)10-16/h2-5,13,16-19,21H,6-12H2,1H3,(H2,22,23,24). The number of nitrogens with one attached hydrogen (secondary N) is 3. The van der Waals surface area contributed by atoms with E-state index in [1.54, 1.807) is 0 Å². The number of amides is 2. The fourth-order valence-electron chi connectivity index (χ4n) is 4.93. The van der Waals surface area contributed by atoms with Crippen molar-refractivity contribution in [3.8, 4) is 0 Å². The summed E-state index contributed by atoms with van der Waals surface area (Å²) in [4.78, 5) is 12.6. The Balaban J connectivity index is 1.41. The number of carbonyl (C=O) groups is 1. The molecular weight excluding hydrogens is 298 g/mol. The summed E-state index contributed by atoms with van der Waals surface area (Å²) >= 11 is 0. The molecule has 4 nitrogen and oxygen atoms in total. The number of piperidine rings is 1. The van der Waals surface area contributed by atoms with E-state index in [0.717, 1.165) is 32.4 Å². The molecule has 3 N–H and O–H groups in total. The molecule has 2 amide bonds. The van der Waals surface area contributed by atoms with E-state index in [9.17, 15) is 4.79 Å². The average molecular weight is 327 g/mol. The number of hydrogen-bond donors (Lipinski definition) is 3. The van der Waals surface area contributed by atoms with Crippen molar-refractivity contribution >= 4 is 6.03 Å². The maximum absolute atomic E-state index is 12.6. The van der Waals surface area contributed by atoms with Crippen LogP contribution in [0.25, 0.3) is 0 Å². The third-order valence-corrected chi connectivity index (χ3v) is 6.45. The van der Waals surface area contributed by atoms with Gasteiger partial charge in [0.2, 0.25) is 0 Å². The van der Waals surface area contributed by atoms with Gasteiger partial charge in [-0.1, -0.05) is 31.2 Å². The van der Waals surface area contributed by atoms with E-state index in [1.807, 2.05) is 0 Å². The molecule has 2 fully saturated rings. The van der Waals surface area contributed by atoms with E-state index >= 15 is 0 Å². The van der Waals surface area contributed by atoms with Crippen molar-refractivity contribution in [2.75, 3.05) is 13.1 Å². The molecule has 1 aromatic carbocycles. The number of carbonyl (C=O) groups excluding carboxylic acids is 1. The first-order valence-electron chi connectivity index (χ1n) is 9.55. The maximum atomic E-state index is 12.6. The zero-order valence-electron chi connectivity index (χ0n) is 14.6. The van der Waals surface area contributed by atoms with Gasteiger partial charge >= 0.3 is 6.03 Å². The number of benzene rings is 1. The van der Waals surface area contributed by atoms with Crippen LogP contribution in [-0.4, -0.2) is 31.2 Å². The van der Waals surface area contributed by atoms with Crippen LogP contribution in [0.4, 0.5) is 4.79 Å². The highest BCUT2D eigenvalue weighted by Crippen LogP contribution is 2.40. The van der Waals surface area contributed by atoms with Gasteiger partial charge in [-0.2, -0.15) is 0 Å². The Labute approximate surface area is 144 Å². The van der Waals surface area contributed by atoms with Gasteiger partial charge in [0.1, 0.15) is 0 Å². The SMILES string of the molecule is CC1CCNCC1NC(=O)NC1C2CCC1Cc1ccccc1C2. The first-order valence-corrected chi connectivity index (χ1v) is 9.55. The average Bonchev–Trinajstić information content (AvgIpc) is 2.84. The van der Waals surface area contributed by atoms with Crippen LogP contribution < -0.4 is 16.0 Å². The quantitative estimate of drug-likeness (QED) is 0.782. The minimum Gasteiger partial charge on any atom is -0.335 e. The van der Waals surface area contributed by atoms with Crippen LogP contribution in [0.1, 0.15) is 37.3 Å². The minimum absolute atomic E-state index is 0.0309. The highest BCUT2D eigenvalue weighted by molar-refractivity contribution is 5.74. The predicted molar refractivity (Wildman–Crippen MR) is 96.0 cm³/mol. The van der Waals surface area contributed by atoms with Crippen LogP contribution in [-0.2, 0) is 12.8 Å². The number of urea groups is 1. The summed E-state index contributed by atoms with van der Waals surface area (Å²) in [7, 11) is 0. The van der Waals surface area contributed by atoms with Crippen molar-refractivity contribution in [1.82, 2.24) is 16.0 Å². The van der Waals surface area contributed by atoms with Crippen molar-refractivity contribution in [2.45, 2.75) is 51.1 Å². The van der Waals surface area contributed by atoms with Crippen LogP contribution in [0.3, 0.4) is 0 Å². The van der Waals surface area contributed by atoms with Gasteiger partial charge < -0.3 is 16.0 Å². The van der Waals surface area contributed by atoms with E-state index in [-0.39, 0.29) is 12.1 Å². The molecule has 1 aliphatic heterocycles. The lowest BCUT2D eigenvalue weighted by atomic mass is 9.94. The molecule has 0 radical (unpaired) electrons. The summed E-state index contributed by atoms with van der Waals surface area (Å²) < 4.78 is 0. The second-order valence-corrected chi connectivity index (χ2v) is 7.99. The third-order valence-electron chi connectivity index (χ3n) is 6.45. The molecule has 4 unspecified atom stereocenters. The van der Waals surface area contributed by atoms with Gasteiger partial charge in [0, 0.05) is 18.6 Å². The zero-order chi connectivity index (χ0) is 16.5. The lowest BCUT2D eigenvalue weighted by molar-refractivity contribution is 0.214. The summed E-state index contributed by atoms with van der Waals surface area (Å²) in [6.07, 6.45) is 5.84. The van der Waals surface area contributed by atoms with Gasteiger partial charge in [0.05, 0.1) is 0 Å². The molecule has 0 aromatic heterocycles. The molecule has 24 heavy (non-hydrogen) atoms. The zero-order valence-corrected chi connectivity index (χ0v) is 14.6. The second kappa shape index (κ2) is 6.75. The topological polar surface area (TPSA) is 53.2 Å². The molecule has 0 spiro atoms. The highest BCUT2D eigenvalue weighted by atomic mass is 16.2. The van der Waals surface area contributed by atoms with Crippen LogP contribution in [0.15, 0.2) is 24.3 Å². The van der Waals surface area contributed by atoms with E-state index < -0.39 is 0 Å². The number of fused-ring (bicyclic) bond motifs is 3. The summed E-state index contributed by atoms with van der Waals surface area (Å²) in [5.74, 6) is 1.73. The van der Waals surface area contributed by atoms with Crippen molar-refractivity contribution in [1.29, 1.82) is 0 Å². The van der Waals surface area contributed by atoms with Crippen LogP contribution in [0.5, 0.6) is 0 Å². The third kappa shape index (κ3) is 3.16. The molecule has 4 atom stereocenters. The van der Waals surface area contributed by atoms with E-state index in [1.165, 1.54) is 24.0 Å². The van der Waals surface area contributed by atoms with Gasteiger partial charge in [-0.05, 0) is 67.5 Å². The number of rotatable bonds is 2. The number of hydrogen-bond acceptors (Lipinski definition) is 2. The molecule has 2 aliphatic carbocycles. The fraction of sp³-hybridized carbons (Fsp3) is 0.650. The van der Waals surface area contributed by atoms with E-state index in [0.29, 0.717) is 23.8 Å². The molecule has 3 aliphatic rings. The molecule has 1 heterocycles. The van der Waals surface area contributed by atoms with Gasteiger partial charge in [-0.25, -0.2) is 4.79 Å². The van der Waals surface area contributed by atoms with Crippen molar-refractivity contribution < 1.29 is 4.79 Å². The predicted octanol–water partition coefficient (Wildman–Crippen LogP) is 2.48. The van der Waals surface area contributed by atoms with Crippen molar-refractivity contribution in [3.63, 3.8) is 0 Å². The minimum atomic E-state index is 0.0309. The Hall–Kier alpha value is -1.55.